The molecule has 0 atom stereocenters. The lowest BCUT2D eigenvalue weighted by molar-refractivity contribution is 0.0953. The third kappa shape index (κ3) is 6.44. The summed E-state index contributed by atoms with van der Waals surface area (Å²) in [5.74, 6) is -0.126. The molecule has 32 heavy (non-hydrogen) atoms. The summed E-state index contributed by atoms with van der Waals surface area (Å²) in [6.45, 7) is 4.65. The van der Waals surface area contributed by atoms with Crippen molar-refractivity contribution >= 4 is 21.6 Å². The highest BCUT2D eigenvalue weighted by molar-refractivity contribution is 7.92. The minimum absolute atomic E-state index is 0.126. The molecule has 1 amide bonds. The number of rotatable bonds is 9. The van der Waals surface area contributed by atoms with Gasteiger partial charge in [-0.2, -0.15) is 0 Å². The molecule has 0 unspecified atom stereocenters. The molecule has 0 aromatic heterocycles. The summed E-state index contributed by atoms with van der Waals surface area (Å²) < 4.78 is 26.4. The topological polar surface area (TPSA) is 66.5 Å². The molecule has 0 aliphatic rings. The molecule has 0 saturated heterocycles. The highest BCUT2D eigenvalue weighted by Crippen LogP contribution is 2.26. The monoisotopic (exact) mass is 450 g/mol. The normalized spacial score (nSPS) is 11.2. The summed E-state index contributed by atoms with van der Waals surface area (Å²) in [7, 11) is -3.47. The van der Waals surface area contributed by atoms with Crippen molar-refractivity contribution in [3.8, 4) is 0 Å². The molecule has 0 spiro atoms. The maximum Gasteiger partial charge on any atom is 0.251 e. The smallest absolute Gasteiger partial charge is 0.251 e. The van der Waals surface area contributed by atoms with Gasteiger partial charge in [0.05, 0.1) is 18.5 Å². The van der Waals surface area contributed by atoms with Crippen molar-refractivity contribution < 1.29 is 13.2 Å². The van der Waals surface area contributed by atoms with E-state index in [1.807, 2.05) is 62.4 Å². The van der Waals surface area contributed by atoms with Gasteiger partial charge in [-0.15, -0.1) is 0 Å². The Bertz CT molecular complexity index is 1160. The van der Waals surface area contributed by atoms with Crippen LogP contribution < -0.4 is 9.62 Å². The Morgan fingerprint density at radius 1 is 0.906 bits per heavy atom. The third-order valence-electron chi connectivity index (χ3n) is 5.35. The second-order valence-electron chi connectivity index (χ2n) is 8.10. The van der Waals surface area contributed by atoms with Crippen LogP contribution in [0.4, 0.5) is 5.69 Å². The molecule has 3 aromatic carbocycles. The standard InChI is InChI=1S/C26H30N2O3S/c1-20-11-12-21(2)25(18-20)28(32(3,30)31)19-23-13-15-24(16-14-23)26(29)27-17-7-10-22-8-5-4-6-9-22/h4-6,8-9,11-16,18H,7,10,17,19H2,1-3H3,(H,27,29). The van der Waals surface area contributed by atoms with Crippen LogP contribution in [0.2, 0.25) is 0 Å². The van der Waals surface area contributed by atoms with Crippen molar-refractivity contribution in [2.75, 3.05) is 17.1 Å². The summed E-state index contributed by atoms with van der Waals surface area (Å²) in [4.78, 5) is 12.4. The van der Waals surface area contributed by atoms with E-state index in [-0.39, 0.29) is 12.5 Å². The molecule has 0 aliphatic heterocycles. The van der Waals surface area contributed by atoms with Gasteiger partial charge < -0.3 is 5.32 Å². The lowest BCUT2D eigenvalue weighted by Crippen LogP contribution is -2.30. The second kappa shape index (κ2) is 10.5. The molecule has 5 nitrogen and oxygen atoms in total. The van der Waals surface area contributed by atoms with Crippen LogP contribution >= 0.6 is 0 Å². The Morgan fingerprint density at radius 3 is 2.25 bits per heavy atom. The maximum atomic E-state index is 12.5. The Labute approximate surface area is 191 Å². The molecule has 0 fully saturated rings. The van der Waals surface area contributed by atoms with Crippen LogP contribution in [0, 0.1) is 13.8 Å². The van der Waals surface area contributed by atoms with Gasteiger partial charge >= 0.3 is 0 Å². The van der Waals surface area contributed by atoms with Crippen molar-refractivity contribution in [1.29, 1.82) is 0 Å². The number of amides is 1. The van der Waals surface area contributed by atoms with Gasteiger partial charge in [-0.05, 0) is 67.1 Å². The van der Waals surface area contributed by atoms with E-state index in [9.17, 15) is 13.2 Å². The SMILES string of the molecule is Cc1ccc(C)c(N(Cc2ccc(C(=O)NCCCc3ccccc3)cc2)S(C)(=O)=O)c1. The van der Waals surface area contributed by atoms with Crippen LogP contribution in [0.25, 0.3) is 0 Å². The summed E-state index contributed by atoms with van der Waals surface area (Å²) in [5, 5.41) is 2.95. The summed E-state index contributed by atoms with van der Waals surface area (Å²) in [6, 6.07) is 23.1. The number of sulfonamides is 1. The Hall–Kier alpha value is -3.12. The van der Waals surface area contributed by atoms with Gasteiger partial charge in [0.2, 0.25) is 10.0 Å². The third-order valence-corrected chi connectivity index (χ3v) is 6.47. The Morgan fingerprint density at radius 2 is 1.59 bits per heavy atom. The molecule has 0 bridgehead atoms. The zero-order chi connectivity index (χ0) is 23.1. The first-order chi connectivity index (χ1) is 15.2. The molecule has 6 heteroatoms. The molecule has 0 radical (unpaired) electrons. The molecule has 1 N–H and O–H groups in total. The second-order valence-corrected chi connectivity index (χ2v) is 10.0. The number of carbonyl (C=O) groups excluding carboxylic acids is 1. The fourth-order valence-corrected chi connectivity index (χ4v) is 4.48. The predicted octanol–water partition coefficient (Wildman–Crippen LogP) is 4.63. The fraction of sp³-hybridized carbons (Fsp3) is 0.269. The van der Waals surface area contributed by atoms with E-state index >= 15 is 0 Å². The van der Waals surface area contributed by atoms with E-state index in [4.69, 9.17) is 0 Å². The van der Waals surface area contributed by atoms with Crippen molar-refractivity contribution in [2.24, 2.45) is 0 Å². The van der Waals surface area contributed by atoms with Crippen LogP contribution in [0.1, 0.15) is 39.0 Å². The molecular formula is C26H30N2O3S. The van der Waals surface area contributed by atoms with Gasteiger partial charge in [-0.3, -0.25) is 9.10 Å². The van der Waals surface area contributed by atoms with Gasteiger partial charge in [-0.1, -0.05) is 54.6 Å². The number of anilines is 1. The van der Waals surface area contributed by atoms with Crippen molar-refractivity contribution in [2.45, 2.75) is 33.2 Å². The lowest BCUT2D eigenvalue weighted by atomic mass is 10.1. The molecule has 168 valence electrons. The van der Waals surface area contributed by atoms with Gasteiger partial charge in [0.25, 0.3) is 5.91 Å². The number of hydrogen-bond donors (Lipinski definition) is 1. The quantitative estimate of drug-likeness (QED) is 0.483. The van der Waals surface area contributed by atoms with Crippen molar-refractivity contribution in [3.63, 3.8) is 0 Å². The van der Waals surface area contributed by atoms with E-state index in [1.165, 1.54) is 16.1 Å². The van der Waals surface area contributed by atoms with E-state index in [1.54, 1.807) is 12.1 Å². The minimum atomic E-state index is -3.47. The number of aryl methyl sites for hydroxylation is 3. The summed E-state index contributed by atoms with van der Waals surface area (Å²) in [6.07, 6.45) is 3.00. The maximum absolute atomic E-state index is 12.5. The molecule has 3 rings (SSSR count). The first-order valence-electron chi connectivity index (χ1n) is 10.7. The van der Waals surface area contributed by atoms with E-state index < -0.39 is 10.0 Å². The Balaban J connectivity index is 1.62. The van der Waals surface area contributed by atoms with Crippen LogP contribution in [-0.4, -0.2) is 27.1 Å². The summed E-state index contributed by atoms with van der Waals surface area (Å²) in [5.41, 5.74) is 5.20. The largest absolute Gasteiger partial charge is 0.352 e. The molecule has 0 aliphatic carbocycles. The van der Waals surface area contributed by atoms with Crippen LogP contribution in [-0.2, 0) is 23.0 Å². The number of nitrogens with zero attached hydrogens (tertiary/aromatic N) is 1. The highest BCUT2D eigenvalue weighted by Gasteiger charge is 2.20. The lowest BCUT2D eigenvalue weighted by Gasteiger charge is -2.25. The van der Waals surface area contributed by atoms with E-state index in [0.29, 0.717) is 17.8 Å². The first kappa shape index (κ1) is 23.5. The minimum Gasteiger partial charge on any atom is -0.352 e. The Kier molecular flexibility index (Phi) is 7.70. The van der Waals surface area contributed by atoms with E-state index in [0.717, 1.165) is 29.5 Å². The first-order valence-corrected chi connectivity index (χ1v) is 12.5. The number of nitrogens with one attached hydrogen (secondary N) is 1. The number of hydrogen-bond acceptors (Lipinski definition) is 3. The van der Waals surface area contributed by atoms with Gasteiger partial charge in [0.15, 0.2) is 0 Å². The molecular weight excluding hydrogens is 420 g/mol. The number of carbonyl (C=O) groups is 1. The van der Waals surface area contributed by atoms with Crippen molar-refractivity contribution in [1.82, 2.24) is 5.32 Å². The van der Waals surface area contributed by atoms with Crippen molar-refractivity contribution in [3.05, 3.63) is 101 Å². The molecule has 3 aromatic rings. The van der Waals surface area contributed by atoms with Crippen LogP contribution in [0.3, 0.4) is 0 Å². The van der Waals surface area contributed by atoms with Crippen LogP contribution in [0.5, 0.6) is 0 Å². The van der Waals surface area contributed by atoms with Gasteiger partial charge in [-0.25, -0.2) is 8.42 Å². The van der Waals surface area contributed by atoms with Gasteiger partial charge in [0.1, 0.15) is 0 Å². The zero-order valence-corrected chi connectivity index (χ0v) is 19.7. The molecule has 0 heterocycles. The highest BCUT2D eigenvalue weighted by atomic mass is 32.2. The average Bonchev–Trinajstić information content (AvgIpc) is 2.77. The van der Waals surface area contributed by atoms with Crippen LogP contribution in [0.15, 0.2) is 72.8 Å². The predicted molar refractivity (Wildman–Crippen MR) is 130 cm³/mol. The fourth-order valence-electron chi connectivity index (χ4n) is 3.54. The summed E-state index contributed by atoms with van der Waals surface area (Å²) >= 11 is 0. The zero-order valence-electron chi connectivity index (χ0n) is 18.8. The number of benzene rings is 3. The van der Waals surface area contributed by atoms with Gasteiger partial charge in [0, 0.05) is 12.1 Å². The molecule has 0 saturated carbocycles. The average molecular weight is 451 g/mol. The van der Waals surface area contributed by atoms with E-state index in [2.05, 4.69) is 17.4 Å².